The second-order valence-corrected chi connectivity index (χ2v) is 6.87. The first-order valence-corrected chi connectivity index (χ1v) is 8.80. The van der Waals surface area contributed by atoms with Crippen molar-refractivity contribution >= 4 is 0 Å². The van der Waals surface area contributed by atoms with Gasteiger partial charge in [-0.15, -0.1) is 0 Å². The normalized spacial score (nSPS) is 12.0. The summed E-state index contributed by atoms with van der Waals surface area (Å²) < 4.78 is 0. The molecule has 1 rings (SSSR count). The molecule has 0 amide bonds. The van der Waals surface area contributed by atoms with Gasteiger partial charge in [-0.1, -0.05) is 43.6 Å². The van der Waals surface area contributed by atoms with Gasteiger partial charge in [0.05, 0.1) is 6.10 Å². The Hall–Kier alpha value is -1.74. The molecule has 3 nitrogen and oxygen atoms in total. The minimum Gasteiger partial charge on any atom is -0.508 e. The van der Waals surface area contributed by atoms with E-state index in [0.29, 0.717) is 24.0 Å². The Bertz CT molecular complexity index is 596. The molecule has 0 saturated heterocycles. The summed E-state index contributed by atoms with van der Waals surface area (Å²) in [7, 11) is 0. The fourth-order valence-electron chi connectivity index (χ4n) is 2.69. The Morgan fingerprint density at radius 2 is 1.83 bits per heavy atom. The lowest BCUT2D eigenvalue weighted by atomic mass is 9.91. The molecule has 3 heteroatoms. The predicted octanol–water partition coefficient (Wildman–Crippen LogP) is 4.82. The maximum absolute atomic E-state index is 10.7. The number of aliphatic hydroxyl groups is 1. The zero-order valence-corrected chi connectivity index (χ0v) is 15.5. The topological polar surface area (TPSA) is 60.7 Å². The summed E-state index contributed by atoms with van der Waals surface area (Å²) in [6.07, 6.45) is 6.08. The molecule has 0 aromatic heterocycles. The van der Waals surface area contributed by atoms with Crippen LogP contribution in [0, 0.1) is 0 Å². The van der Waals surface area contributed by atoms with Crippen LogP contribution in [0.25, 0.3) is 0 Å². The number of rotatable bonds is 9. The molecule has 0 radical (unpaired) electrons. The smallest absolute Gasteiger partial charge is 0.126 e. The van der Waals surface area contributed by atoms with Crippen LogP contribution < -0.4 is 0 Å². The quantitative estimate of drug-likeness (QED) is 0.449. The number of allylic oxidation sites excluding steroid dienone is 2. The van der Waals surface area contributed by atoms with E-state index in [1.165, 1.54) is 0 Å². The van der Waals surface area contributed by atoms with Crippen molar-refractivity contribution in [1.29, 1.82) is 0 Å². The zero-order valence-electron chi connectivity index (χ0n) is 15.5. The van der Waals surface area contributed by atoms with E-state index in [1.807, 2.05) is 19.9 Å². The molecule has 0 aliphatic heterocycles. The van der Waals surface area contributed by atoms with Gasteiger partial charge in [-0.25, -0.2) is 0 Å². The number of benzene rings is 1. The Morgan fingerprint density at radius 3 is 2.38 bits per heavy atom. The highest BCUT2D eigenvalue weighted by atomic mass is 16.3. The van der Waals surface area contributed by atoms with Crippen LogP contribution in [0.3, 0.4) is 0 Å². The monoisotopic (exact) mass is 332 g/mol. The first-order valence-electron chi connectivity index (χ1n) is 8.80. The fraction of sp³-hybridized carbons (Fsp3) is 0.524. The second-order valence-electron chi connectivity index (χ2n) is 6.87. The van der Waals surface area contributed by atoms with Crippen molar-refractivity contribution in [3.05, 3.63) is 46.6 Å². The van der Waals surface area contributed by atoms with Crippen molar-refractivity contribution in [2.24, 2.45) is 0 Å². The van der Waals surface area contributed by atoms with Crippen LogP contribution in [0.4, 0.5) is 0 Å². The molecule has 1 aromatic carbocycles. The maximum Gasteiger partial charge on any atom is 0.126 e. The summed E-state index contributed by atoms with van der Waals surface area (Å²) in [5.74, 6) is 0.240. The van der Waals surface area contributed by atoms with Gasteiger partial charge in [0, 0.05) is 17.5 Å². The molecular weight excluding hydrogens is 300 g/mol. The van der Waals surface area contributed by atoms with Gasteiger partial charge < -0.3 is 15.3 Å². The van der Waals surface area contributed by atoms with Gasteiger partial charge in [0.15, 0.2) is 0 Å². The standard InChI is InChI=1S/C21H32O3/c1-6-7-8-9-16-12-20(23)17(11-10-14(2)3)21(24)18(16)13-19(22)15(4)5/h10,12,19,22-24H,4,6-9,11,13H2,1-3,5H3/t19-/m1/s1. The molecule has 0 aliphatic carbocycles. The summed E-state index contributed by atoms with van der Waals surface area (Å²) >= 11 is 0. The molecule has 134 valence electrons. The number of phenolic OH excluding ortho intramolecular Hbond substituents is 2. The highest BCUT2D eigenvalue weighted by Crippen LogP contribution is 2.36. The first kappa shape index (κ1) is 20.3. The molecule has 24 heavy (non-hydrogen) atoms. The zero-order chi connectivity index (χ0) is 18.3. The van der Waals surface area contributed by atoms with Crippen molar-refractivity contribution in [2.75, 3.05) is 0 Å². The van der Waals surface area contributed by atoms with Gasteiger partial charge in [-0.3, -0.25) is 0 Å². The number of aryl methyl sites for hydroxylation is 1. The summed E-state index contributed by atoms with van der Waals surface area (Å²) in [6.45, 7) is 11.7. The summed E-state index contributed by atoms with van der Waals surface area (Å²) in [6, 6.07) is 1.75. The van der Waals surface area contributed by atoms with E-state index in [9.17, 15) is 15.3 Å². The first-order chi connectivity index (χ1) is 11.3. The Kier molecular flexibility index (Phi) is 8.06. The van der Waals surface area contributed by atoms with Crippen molar-refractivity contribution in [3.63, 3.8) is 0 Å². The van der Waals surface area contributed by atoms with Crippen LogP contribution in [0.15, 0.2) is 29.9 Å². The maximum atomic E-state index is 10.7. The van der Waals surface area contributed by atoms with Crippen LogP contribution >= 0.6 is 0 Å². The van der Waals surface area contributed by atoms with Crippen molar-refractivity contribution in [3.8, 4) is 11.5 Å². The number of unbranched alkanes of at least 4 members (excludes halogenated alkanes) is 2. The molecular formula is C21H32O3. The molecule has 0 aliphatic rings. The van der Waals surface area contributed by atoms with Gasteiger partial charge in [0.2, 0.25) is 0 Å². The third-order valence-corrected chi connectivity index (χ3v) is 4.31. The average Bonchev–Trinajstić information content (AvgIpc) is 2.50. The highest BCUT2D eigenvalue weighted by Gasteiger charge is 2.19. The van der Waals surface area contributed by atoms with Gasteiger partial charge in [0.1, 0.15) is 11.5 Å². The van der Waals surface area contributed by atoms with Crippen molar-refractivity contribution < 1.29 is 15.3 Å². The van der Waals surface area contributed by atoms with E-state index in [2.05, 4.69) is 13.5 Å². The van der Waals surface area contributed by atoms with Gasteiger partial charge in [-0.2, -0.15) is 0 Å². The number of hydrogen-bond acceptors (Lipinski definition) is 3. The minimum atomic E-state index is -0.693. The Labute approximate surface area is 146 Å². The second kappa shape index (κ2) is 9.53. The number of phenols is 2. The molecule has 3 N–H and O–H groups in total. The third-order valence-electron chi connectivity index (χ3n) is 4.31. The molecule has 1 atom stereocenters. The van der Waals surface area contributed by atoms with Crippen LogP contribution in [0.1, 0.15) is 63.6 Å². The van der Waals surface area contributed by atoms with Crippen molar-refractivity contribution in [2.45, 2.75) is 72.3 Å². The SMILES string of the molecule is C=C(C)[C@H](O)Cc1c(CCCCC)cc(O)c(CC=C(C)C)c1O. The van der Waals surface area contributed by atoms with Crippen molar-refractivity contribution in [1.82, 2.24) is 0 Å². The van der Waals surface area contributed by atoms with E-state index >= 15 is 0 Å². The lowest BCUT2D eigenvalue weighted by Crippen LogP contribution is -2.13. The van der Waals surface area contributed by atoms with Gasteiger partial charge >= 0.3 is 0 Å². The van der Waals surface area contributed by atoms with Crippen LogP contribution in [-0.4, -0.2) is 21.4 Å². The molecule has 0 spiro atoms. The summed E-state index contributed by atoms with van der Waals surface area (Å²) in [5.41, 5.74) is 3.98. The van der Waals surface area contributed by atoms with Crippen LogP contribution in [0.2, 0.25) is 0 Å². The molecule has 1 aromatic rings. The number of aromatic hydroxyl groups is 2. The van der Waals surface area contributed by atoms with E-state index in [4.69, 9.17) is 0 Å². The van der Waals surface area contributed by atoms with E-state index in [-0.39, 0.29) is 11.5 Å². The van der Waals surface area contributed by atoms with Gasteiger partial charge in [-0.05, 0) is 51.7 Å². The lowest BCUT2D eigenvalue weighted by Gasteiger charge is -2.19. The van der Waals surface area contributed by atoms with Gasteiger partial charge in [0.25, 0.3) is 0 Å². The molecule has 0 bridgehead atoms. The fourth-order valence-corrected chi connectivity index (χ4v) is 2.69. The van der Waals surface area contributed by atoms with E-state index in [1.54, 1.807) is 13.0 Å². The Balaban J connectivity index is 3.26. The number of hydrogen-bond donors (Lipinski definition) is 3. The van der Waals surface area contributed by atoms with Crippen LogP contribution in [0.5, 0.6) is 11.5 Å². The minimum absolute atomic E-state index is 0.110. The Morgan fingerprint density at radius 1 is 1.17 bits per heavy atom. The largest absolute Gasteiger partial charge is 0.508 e. The highest BCUT2D eigenvalue weighted by molar-refractivity contribution is 5.54. The van der Waals surface area contributed by atoms with Crippen LogP contribution in [-0.2, 0) is 19.3 Å². The lowest BCUT2D eigenvalue weighted by molar-refractivity contribution is 0.210. The molecule has 0 fully saturated rings. The third kappa shape index (κ3) is 5.72. The summed E-state index contributed by atoms with van der Waals surface area (Å²) in [4.78, 5) is 0. The molecule has 0 unspecified atom stereocenters. The molecule has 0 heterocycles. The number of aliphatic hydroxyl groups excluding tert-OH is 1. The van der Waals surface area contributed by atoms with E-state index in [0.717, 1.165) is 42.4 Å². The van der Waals surface area contributed by atoms with E-state index < -0.39 is 6.10 Å². The summed E-state index contributed by atoms with van der Waals surface area (Å²) in [5, 5.41) is 31.3. The molecule has 0 saturated carbocycles. The predicted molar refractivity (Wildman–Crippen MR) is 101 cm³/mol. The average molecular weight is 332 g/mol.